The van der Waals surface area contributed by atoms with Crippen molar-refractivity contribution in [1.29, 1.82) is 0 Å². The largest absolute Gasteiger partial charge is 0.480 e. The quantitative estimate of drug-likeness (QED) is 0.150. The van der Waals surface area contributed by atoms with Crippen LogP contribution >= 0.6 is 0 Å². The maximum absolute atomic E-state index is 13.6. The number of nitrogens with zero attached hydrogens (tertiary/aromatic N) is 2. The van der Waals surface area contributed by atoms with Gasteiger partial charge in [0.15, 0.2) is 0 Å². The number of unbranched alkanes of at least 4 members (excludes halogenated alkanes) is 2. The Balaban J connectivity index is 1.62. The first-order valence-corrected chi connectivity index (χ1v) is 13.1. The second-order valence-electron chi connectivity index (χ2n) is 9.54. The molecule has 0 aromatic heterocycles. The monoisotopic (exact) mass is 541 g/mol. The molecule has 3 rings (SSSR count). The van der Waals surface area contributed by atoms with Crippen LogP contribution in [0.25, 0.3) is 0 Å². The molecule has 2 aromatic rings. The molecule has 0 radical (unpaired) electrons. The molecule has 0 bridgehead atoms. The van der Waals surface area contributed by atoms with E-state index in [2.05, 4.69) is 10.2 Å². The third-order valence-electron chi connectivity index (χ3n) is 6.72. The smallest absolute Gasteiger partial charge is 0.329 e. The number of fused-ring (bicyclic) bond motifs is 1. The Bertz CT molecular complexity index is 1130. The van der Waals surface area contributed by atoms with Gasteiger partial charge in [0.1, 0.15) is 12.1 Å². The fraction of sp³-hybridized carbons (Fsp3) is 0.464. The van der Waals surface area contributed by atoms with Gasteiger partial charge in [-0.2, -0.15) is 0 Å². The van der Waals surface area contributed by atoms with Crippen molar-refractivity contribution in [3.05, 3.63) is 81.4 Å². The minimum atomic E-state index is -1.05. The van der Waals surface area contributed by atoms with Crippen LogP contribution in [0, 0.1) is 10.1 Å². The number of amides is 1. The predicted molar refractivity (Wildman–Crippen MR) is 141 cm³/mol. The Morgan fingerprint density at radius 3 is 2.41 bits per heavy atom. The predicted octanol–water partition coefficient (Wildman–Crippen LogP) is 2.93. The summed E-state index contributed by atoms with van der Waals surface area (Å²) in [6, 6.07) is 14.5. The van der Waals surface area contributed by atoms with Crippen LogP contribution in [0.1, 0.15) is 49.3 Å². The zero-order valence-corrected chi connectivity index (χ0v) is 22.0. The maximum Gasteiger partial charge on any atom is 0.329 e. The number of hydrogen-bond acceptors (Lipinski definition) is 8. The summed E-state index contributed by atoms with van der Waals surface area (Å²) in [4.78, 5) is 54.5. The van der Waals surface area contributed by atoms with E-state index >= 15 is 0 Å². The molecule has 3 atom stereocenters. The van der Waals surface area contributed by atoms with E-state index in [0.29, 0.717) is 38.5 Å². The first-order chi connectivity index (χ1) is 18.8. The zero-order valence-electron chi connectivity index (χ0n) is 22.0. The van der Waals surface area contributed by atoms with Crippen molar-refractivity contribution in [2.24, 2.45) is 0 Å². The molecule has 11 nitrogen and oxygen atoms in total. The standard InChI is InChI=1S/C28H35N3O8/c1-20(29-24(27(33)34)15-14-21-10-4-2-5-11-21)26(32)30-19-23-13-7-6-12-22(23)18-25(30)28(35)38-16-8-3-9-17-39-31(36)37/h2,4-7,10-13,20,24-25,29H,3,8-9,14-19H2,1H3,(H,33,34). The minimum absolute atomic E-state index is 0.0176. The second-order valence-corrected chi connectivity index (χ2v) is 9.54. The van der Waals surface area contributed by atoms with Crippen molar-refractivity contribution in [3.8, 4) is 0 Å². The van der Waals surface area contributed by atoms with E-state index in [-0.39, 0.29) is 25.7 Å². The average molecular weight is 542 g/mol. The molecule has 2 N–H and O–H groups in total. The molecule has 0 aliphatic carbocycles. The molecule has 1 aliphatic heterocycles. The van der Waals surface area contributed by atoms with Gasteiger partial charge >= 0.3 is 11.9 Å². The van der Waals surface area contributed by atoms with Crippen molar-refractivity contribution >= 4 is 17.8 Å². The number of hydrogen-bond donors (Lipinski definition) is 2. The van der Waals surface area contributed by atoms with Crippen LogP contribution in [0.3, 0.4) is 0 Å². The van der Waals surface area contributed by atoms with E-state index in [4.69, 9.17) is 4.74 Å². The number of carboxylic acid groups (broad SMARTS) is 1. The van der Waals surface area contributed by atoms with Crippen LogP contribution in [0.5, 0.6) is 0 Å². The van der Waals surface area contributed by atoms with Gasteiger partial charge in [-0.15, -0.1) is 10.1 Å². The average Bonchev–Trinajstić information content (AvgIpc) is 2.93. The lowest BCUT2D eigenvalue weighted by Gasteiger charge is -2.37. The lowest BCUT2D eigenvalue weighted by molar-refractivity contribution is -0.757. The molecule has 0 fully saturated rings. The van der Waals surface area contributed by atoms with Gasteiger partial charge in [-0.1, -0.05) is 54.6 Å². The molecule has 2 aromatic carbocycles. The fourth-order valence-corrected chi connectivity index (χ4v) is 4.61. The zero-order chi connectivity index (χ0) is 28.2. The van der Waals surface area contributed by atoms with E-state index in [1.807, 2.05) is 54.6 Å². The lowest BCUT2D eigenvalue weighted by Crippen LogP contribution is -2.56. The number of rotatable bonds is 15. The maximum atomic E-state index is 13.6. The van der Waals surface area contributed by atoms with Crippen LogP contribution in [0.15, 0.2) is 54.6 Å². The van der Waals surface area contributed by atoms with Gasteiger partial charge in [0.25, 0.3) is 5.09 Å². The Labute approximate surface area is 227 Å². The summed E-state index contributed by atoms with van der Waals surface area (Å²) in [5.41, 5.74) is 2.88. The van der Waals surface area contributed by atoms with E-state index in [9.17, 15) is 29.6 Å². The molecule has 3 unspecified atom stereocenters. The Morgan fingerprint density at radius 1 is 1.05 bits per heavy atom. The van der Waals surface area contributed by atoms with Gasteiger partial charge in [-0.25, -0.2) is 4.79 Å². The Kier molecular flexibility index (Phi) is 11.2. The molecule has 0 saturated heterocycles. The highest BCUT2D eigenvalue weighted by Gasteiger charge is 2.38. The molecule has 11 heteroatoms. The van der Waals surface area contributed by atoms with E-state index in [0.717, 1.165) is 16.7 Å². The fourth-order valence-electron chi connectivity index (χ4n) is 4.61. The number of carbonyl (C=O) groups is 3. The van der Waals surface area contributed by atoms with Crippen molar-refractivity contribution in [1.82, 2.24) is 10.2 Å². The summed E-state index contributed by atoms with van der Waals surface area (Å²) >= 11 is 0. The SMILES string of the molecule is CC(NC(CCc1ccccc1)C(=O)O)C(=O)N1Cc2ccccc2CC1C(=O)OCCCCCO[N+](=O)[O-]. The van der Waals surface area contributed by atoms with Crippen molar-refractivity contribution < 1.29 is 34.2 Å². The number of aliphatic carboxylic acids is 1. The molecule has 1 amide bonds. The third-order valence-corrected chi connectivity index (χ3v) is 6.72. The summed E-state index contributed by atoms with van der Waals surface area (Å²) in [5.74, 6) is -1.96. The van der Waals surface area contributed by atoms with Gasteiger partial charge in [0.2, 0.25) is 5.91 Å². The van der Waals surface area contributed by atoms with Gasteiger partial charge in [-0.05, 0) is 55.7 Å². The van der Waals surface area contributed by atoms with Crippen molar-refractivity contribution in [2.45, 2.75) is 70.1 Å². The van der Waals surface area contributed by atoms with Crippen molar-refractivity contribution in [2.75, 3.05) is 13.2 Å². The molecular formula is C28H35N3O8. The van der Waals surface area contributed by atoms with Crippen LogP contribution in [0.4, 0.5) is 0 Å². The van der Waals surface area contributed by atoms with E-state index < -0.39 is 35.2 Å². The number of esters is 1. The summed E-state index contributed by atoms with van der Waals surface area (Å²) < 4.78 is 5.47. The molecule has 1 heterocycles. The number of carboxylic acids is 1. The number of nitrogens with one attached hydrogen (secondary N) is 1. The topological polar surface area (TPSA) is 148 Å². The number of benzene rings is 2. The second kappa shape index (κ2) is 14.8. The van der Waals surface area contributed by atoms with Crippen LogP contribution < -0.4 is 5.32 Å². The van der Waals surface area contributed by atoms with Gasteiger partial charge < -0.3 is 19.6 Å². The van der Waals surface area contributed by atoms with Gasteiger partial charge in [0.05, 0.1) is 19.3 Å². The lowest BCUT2D eigenvalue weighted by atomic mass is 9.93. The summed E-state index contributed by atoms with van der Waals surface area (Å²) in [5, 5.41) is 22.1. The first-order valence-electron chi connectivity index (χ1n) is 13.1. The van der Waals surface area contributed by atoms with E-state index in [1.54, 1.807) is 6.92 Å². The van der Waals surface area contributed by atoms with E-state index in [1.165, 1.54) is 4.90 Å². The third kappa shape index (κ3) is 9.06. The number of ether oxygens (including phenoxy) is 1. The summed E-state index contributed by atoms with van der Waals surface area (Å²) in [6.45, 7) is 1.92. The number of carbonyl (C=O) groups excluding carboxylic acids is 2. The van der Waals surface area contributed by atoms with Crippen LogP contribution in [-0.2, 0) is 43.3 Å². The first kappa shape index (κ1) is 29.6. The highest BCUT2D eigenvalue weighted by molar-refractivity contribution is 5.88. The Morgan fingerprint density at radius 2 is 1.72 bits per heavy atom. The number of aryl methyl sites for hydroxylation is 1. The molecule has 210 valence electrons. The summed E-state index contributed by atoms with van der Waals surface area (Å²) in [6.07, 6.45) is 2.67. The summed E-state index contributed by atoms with van der Waals surface area (Å²) in [7, 11) is 0. The van der Waals surface area contributed by atoms with Gasteiger partial charge in [0, 0.05) is 13.0 Å². The van der Waals surface area contributed by atoms with Crippen LogP contribution in [0.2, 0.25) is 0 Å². The molecule has 39 heavy (non-hydrogen) atoms. The van der Waals surface area contributed by atoms with Gasteiger partial charge in [-0.3, -0.25) is 14.9 Å². The normalized spacial score (nSPS) is 16.0. The molecule has 0 spiro atoms. The molecule has 0 saturated carbocycles. The van der Waals surface area contributed by atoms with Crippen LogP contribution in [-0.4, -0.2) is 64.3 Å². The molecular weight excluding hydrogens is 506 g/mol. The highest BCUT2D eigenvalue weighted by atomic mass is 16.9. The molecule has 1 aliphatic rings. The highest BCUT2D eigenvalue weighted by Crippen LogP contribution is 2.25. The van der Waals surface area contributed by atoms with Crippen molar-refractivity contribution in [3.63, 3.8) is 0 Å². The minimum Gasteiger partial charge on any atom is -0.480 e. The Hall–Kier alpha value is -3.99.